The van der Waals surface area contributed by atoms with E-state index < -0.39 is 47.4 Å². The topological polar surface area (TPSA) is 78.5 Å². The predicted octanol–water partition coefficient (Wildman–Crippen LogP) is 4.42. The van der Waals surface area contributed by atoms with Crippen LogP contribution in [0.3, 0.4) is 0 Å². The van der Waals surface area contributed by atoms with Crippen molar-refractivity contribution in [1.29, 1.82) is 0 Å². The number of imide groups is 1. The lowest BCUT2D eigenvalue weighted by molar-refractivity contribution is -0.137. The van der Waals surface area contributed by atoms with E-state index in [9.17, 15) is 27.6 Å². The van der Waals surface area contributed by atoms with Gasteiger partial charge in [-0.15, -0.1) is 0 Å². The summed E-state index contributed by atoms with van der Waals surface area (Å²) in [6, 6.07) is 7.84. The van der Waals surface area contributed by atoms with Gasteiger partial charge in [-0.3, -0.25) is 14.5 Å². The van der Waals surface area contributed by atoms with E-state index in [0.717, 1.165) is 12.1 Å². The molecule has 0 radical (unpaired) electrons. The first-order valence-electron chi connectivity index (χ1n) is 8.49. The first-order valence-corrected chi connectivity index (χ1v) is 9.25. The highest BCUT2D eigenvalue weighted by Gasteiger charge is 2.50. The van der Waals surface area contributed by atoms with E-state index in [4.69, 9.17) is 23.2 Å². The van der Waals surface area contributed by atoms with Gasteiger partial charge in [-0.1, -0.05) is 41.4 Å². The average Bonchev–Trinajstić information content (AvgIpc) is 2.85. The number of hydrogen-bond donors (Lipinski definition) is 2. The van der Waals surface area contributed by atoms with Crippen molar-refractivity contribution in [2.45, 2.75) is 18.6 Å². The van der Waals surface area contributed by atoms with E-state index in [1.54, 1.807) is 0 Å². The summed E-state index contributed by atoms with van der Waals surface area (Å²) in [7, 11) is 0. The summed E-state index contributed by atoms with van der Waals surface area (Å²) in [5, 5.41) is 5.01. The lowest BCUT2D eigenvalue weighted by atomic mass is 9.92. The van der Waals surface area contributed by atoms with Crippen LogP contribution in [0.5, 0.6) is 0 Å². The molecule has 0 spiro atoms. The molecular formula is C19H14Cl2F3N3O3. The highest BCUT2D eigenvalue weighted by Crippen LogP contribution is 2.36. The fourth-order valence-electron chi connectivity index (χ4n) is 3.09. The van der Waals surface area contributed by atoms with Crippen molar-refractivity contribution >= 4 is 46.7 Å². The van der Waals surface area contributed by atoms with E-state index in [2.05, 4.69) is 10.6 Å². The standard InChI is InChI=1S/C19H14Cl2F3N3O3/c1-18(11-7-6-10(20)8-13(11)21)16(29)27(17(30)26-18)9-15(28)25-14-5-3-2-4-12(14)19(22,23)24/h2-8H,9H2,1H3,(H,25,28)(H,26,30). The number of nitrogens with zero attached hydrogens (tertiary/aromatic N) is 1. The molecule has 0 saturated carbocycles. The zero-order valence-corrected chi connectivity index (χ0v) is 16.8. The van der Waals surface area contributed by atoms with Crippen molar-refractivity contribution in [3.8, 4) is 0 Å². The van der Waals surface area contributed by atoms with Crippen LogP contribution in [0.2, 0.25) is 10.0 Å². The number of hydrogen-bond acceptors (Lipinski definition) is 3. The Balaban J connectivity index is 1.80. The molecule has 2 aromatic rings. The van der Waals surface area contributed by atoms with Crippen LogP contribution in [0, 0.1) is 0 Å². The molecule has 2 aromatic carbocycles. The first-order chi connectivity index (χ1) is 13.9. The zero-order valence-electron chi connectivity index (χ0n) is 15.3. The van der Waals surface area contributed by atoms with Gasteiger partial charge in [0.25, 0.3) is 5.91 Å². The van der Waals surface area contributed by atoms with Crippen LogP contribution < -0.4 is 10.6 Å². The van der Waals surface area contributed by atoms with E-state index in [0.29, 0.717) is 9.92 Å². The van der Waals surface area contributed by atoms with Crippen LogP contribution in [0.25, 0.3) is 0 Å². The summed E-state index contributed by atoms with van der Waals surface area (Å²) >= 11 is 12.0. The monoisotopic (exact) mass is 459 g/mol. The summed E-state index contributed by atoms with van der Waals surface area (Å²) in [5.74, 6) is -1.75. The summed E-state index contributed by atoms with van der Waals surface area (Å²) in [6.45, 7) is 0.622. The number of halogens is 5. The Morgan fingerprint density at radius 3 is 2.47 bits per heavy atom. The van der Waals surface area contributed by atoms with E-state index >= 15 is 0 Å². The molecule has 1 unspecified atom stereocenters. The van der Waals surface area contributed by atoms with Crippen molar-refractivity contribution < 1.29 is 27.6 Å². The minimum absolute atomic E-state index is 0.129. The van der Waals surface area contributed by atoms with Gasteiger partial charge in [0.2, 0.25) is 5.91 Å². The largest absolute Gasteiger partial charge is 0.418 e. The number of para-hydroxylation sites is 1. The number of alkyl halides is 3. The van der Waals surface area contributed by atoms with Crippen LogP contribution in [-0.2, 0) is 21.3 Å². The quantitative estimate of drug-likeness (QED) is 0.664. The average molecular weight is 460 g/mol. The molecule has 1 aliphatic heterocycles. The normalized spacial score (nSPS) is 19.1. The maximum absolute atomic E-state index is 13.1. The molecule has 4 amide bonds. The van der Waals surface area contributed by atoms with Gasteiger partial charge in [0.15, 0.2) is 0 Å². The Morgan fingerprint density at radius 1 is 1.17 bits per heavy atom. The third-order valence-electron chi connectivity index (χ3n) is 4.55. The second kappa shape index (κ2) is 7.81. The fourth-order valence-corrected chi connectivity index (χ4v) is 3.69. The van der Waals surface area contributed by atoms with E-state index in [1.807, 2.05) is 0 Å². The molecule has 1 saturated heterocycles. The van der Waals surface area contributed by atoms with Gasteiger partial charge in [0.05, 0.1) is 11.3 Å². The van der Waals surface area contributed by atoms with E-state index in [1.165, 1.54) is 37.3 Å². The van der Waals surface area contributed by atoms with Gasteiger partial charge in [0, 0.05) is 15.6 Å². The lowest BCUT2D eigenvalue weighted by Crippen LogP contribution is -2.42. The van der Waals surface area contributed by atoms with Gasteiger partial charge in [-0.25, -0.2) is 4.79 Å². The van der Waals surface area contributed by atoms with Gasteiger partial charge in [0.1, 0.15) is 12.1 Å². The van der Waals surface area contributed by atoms with Crippen LogP contribution in [-0.4, -0.2) is 29.3 Å². The number of urea groups is 1. The lowest BCUT2D eigenvalue weighted by Gasteiger charge is -2.23. The Hall–Kier alpha value is -2.78. The van der Waals surface area contributed by atoms with Crippen molar-refractivity contribution in [2.24, 2.45) is 0 Å². The minimum atomic E-state index is -4.69. The Kier molecular flexibility index (Phi) is 5.70. The van der Waals surface area contributed by atoms with Crippen molar-refractivity contribution in [2.75, 3.05) is 11.9 Å². The summed E-state index contributed by atoms with van der Waals surface area (Å²) in [5.41, 5.74) is -2.83. The first kappa shape index (κ1) is 21.9. The molecule has 1 heterocycles. The molecule has 158 valence electrons. The number of rotatable bonds is 4. The molecular weight excluding hydrogens is 446 g/mol. The molecule has 11 heteroatoms. The summed E-state index contributed by atoms with van der Waals surface area (Å²) < 4.78 is 39.2. The van der Waals surface area contributed by atoms with Gasteiger partial charge in [-0.05, 0) is 31.2 Å². The molecule has 0 bridgehead atoms. The Morgan fingerprint density at radius 2 is 1.83 bits per heavy atom. The van der Waals surface area contributed by atoms with Crippen LogP contribution in [0.4, 0.5) is 23.7 Å². The molecule has 1 aliphatic rings. The van der Waals surface area contributed by atoms with Gasteiger partial charge >= 0.3 is 12.2 Å². The summed E-state index contributed by atoms with van der Waals surface area (Å²) in [4.78, 5) is 38.1. The smallest absolute Gasteiger partial charge is 0.324 e. The fraction of sp³-hybridized carbons (Fsp3) is 0.211. The number of carbonyl (C=O) groups excluding carboxylic acids is 3. The zero-order chi connectivity index (χ0) is 22.3. The number of nitrogens with one attached hydrogen (secondary N) is 2. The number of amides is 4. The van der Waals surface area contributed by atoms with Crippen molar-refractivity contribution in [3.63, 3.8) is 0 Å². The minimum Gasteiger partial charge on any atom is -0.324 e. The number of anilines is 1. The number of benzene rings is 2. The van der Waals surface area contributed by atoms with Gasteiger partial charge < -0.3 is 10.6 Å². The maximum atomic E-state index is 13.1. The second-order valence-corrected chi connectivity index (χ2v) is 7.51. The highest BCUT2D eigenvalue weighted by atomic mass is 35.5. The second-order valence-electron chi connectivity index (χ2n) is 6.66. The van der Waals surface area contributed by atoms with Crippen molar-refractivity contribution in [3.05, 3.63) is 63.6 Å². The van der Waals surface area contributed by atoms with Crippen LogP contribution >= 0.6 is 23.2 Å². The Labute approximate surface area is 178 Å². The Bertz CT molecular complexity index is 1050. The SMILES string of the molecule is CC1(c2ccc(Cl)cc2Cl)NC(=O)N(CC(=O)Nc2ccccc2C(F)(F)F)C1=O. The molecule has 2 N–H and O–H groups in total. The molecule has 30 heavy (non-hydrogen) atoms. The highest BCUT2D eigenvalue weighted by molar-refractivity contribution is 6.35. The number of carbonyl (C=O) groups is 3. The molecule has 0 aromatic heterocycles. The van der Waals surface area contributed by atoms with Gasteiger partial charge in [-0.2, -0.15) is 13.2 Å². The third-order valence-corrected chi connectivity index (χ3v) is 5.10. The van der Waals surface area contributed by atoms with Crippen LogP contribution in [0.1, 0.15) is 18.1 Å². The maximum Gasteiger partial charge on any atom is 0.418 e. The molecule has 1 fully saturated rings. The molecule has 6 nitrogen and oxygen atoms in total. The van der Waals surface area contributed by atoms with E-state index in [-0.39, 0.29) is 10.6 Å². The van der Waals surface area contributed by atoms with Crippen LogP contribution in [0.15, 0.2) is 42.5 Å². The molecule has 1 atom stereocenters. The predicted molar refractivity (Wildman–Crippen MR) is 104 cm³/mol. The molecule has 3 rings (SSSR count). The molecule has 0 aliphatic carbocycles. The van der Waals surface area contributed by atoms with Crippen molar-refractivity contribution in [1.82, 2.24) is 10.2 Å². The third kappa shape index (κ3) is 4.08. The summed E-state index contributed by atoms with van der Waals surface area (Å²) in [6.07, 6.45) is -4.69.